The van der Waals surface area contributed by atoms with Crippen molar-refractivity contribution < 1.29 is 14.3 Å². The molecule has 0 aromatic heterocycles. The van der Waals surface area contributed by atoms with Crippen LogP contribution in [0.1, 0.15) is 25.3 Å². The lowest BCUT2D eigenvalue weighted by Gasteiger charge is -2.09. The number of hydrogen-bond donors (Lipinski definition) is 0. The molecule has 0 amide bonds. The van der Waals surface area contributed by atoms with E-state index in [-0.39, 0.29) is 6.10 Å². The van der Waals surface area contributed by atoms with Crippen molar-refractivity contribution in [3.63, 3.8) is 0 Å². The van der Waals surface area contributed by atoms with Gasteiger partial charge in [0.1, 0.15) is 17.6 Å². The summed E-state index contributed by atoms with van der Waals surface area (Å²) >= 11 is 0. The molecule has 1 aromatic rings. The van der Waals surface area contributed by atoms with Gasteiger partial charge in [-0.1, -0.05) is 11.2 Å². The van der Waals surface area contributed by atoms with Gasteiger partial charge in [0.15, 0.2) is 0 Å². The van der Waals surface area contributed by atoms with Gasteiger partial charge < -0.3 is 14.3 Å². The van der Waals surface area contributed by atoms with Gasteiger partial charge in [-0.2, -0.15) is 0 Å². The van der Waals surface area contributed by atoms with Crippen LogP contribution in [-0.2, 0) is 4.84 Å². The van der Waals surface area contributed by atoms with Crippen LogP contribution in [0.25, 0.3) is 0 Å². The highest BCUT2D eigenvalue weighted by atomic mass is 16.6. The van der Waals surface area contributed by atoms with Gasteiger partial charge in [-0.05, 0) is 31.9 Å². The SMILES string of the molecule is C=CCCC(C)O/N=C/c1ccc(OC)cc1OC. The average Bonchev–Trinajstić information content (AvgIpc) is 2.45. The Kier molecular flexibility index (Phi) is 6.50. The number of methoxy groups -OCH3 is 2. The topological polar surface area (TPSA) is 40.0 Å². The molecule has 0 aliphatic rings. The largest absolute Gasteiger partial charge is 0.497 e. The van der Waals surface area contributed by atoms with Crippen LogP contribution in [0.2, 0.25) is 0 Å². The van der Waals surface area contributed by atoms with Crippen LogP contribution in [0.3, 0.4) is 0 Å². The molecule has 0 radical (unpaired) electrons. The third-order valence-corrected chi connectivity index (χ3v) is 2.65. The minimum Gasteiger partial charge on any atom is -0.497 e. The Labute approximate surface area is 114 Å². The van der Waals surface area contributed by atoms with E-state index in [1.165, 1.54) is 0 Å². The molecule has 0 fully saturated rings. The van der Waals surface area contributed by atoms with E-state index in [1.54, 1.807) is 20.4 Å². The monoisotopic (exact) mass is 263 g/mol. The van der Waals surface area contributed by atoms with E-state index in [4.69, 9.17) is 14.3 Å². The molecule has 0 aliphatic heterocycles. The summed E-state index contributed by atoms with van der Waals surface area (Å²) in [5, 5.41) is 3.98. The highest BCUT2D eigenvalue weighted by Gasteiger charge is 2.03. The minimum absolute atomic E-state index is 0.0680. The van der Waals surface area contributed by atoms with E-state index < -0.39 is 0 Å². The van der Waals surface area contributed by atoms with Crippen LogP contribution in [0.15, 0.2) is 36.0 Å². The van der Waals surface area contributed by atoms with Crippen LogP contribution >= 0.6 is 0 Å². The molecule has 0 heterocycles. The summed E-state index contributed by atoms with van der Waals surface area (Å²) in [7, 11) is 3.23. The van der Waals surface area contributed by atoms with Crippen LogP contribution in [0, 0.1) is 0 Å². The van der Waals surface area contributed by atoms with Crippen LogP contribution in [-0.4, -0.2) is 26.5 Å². The third-order valence-electron chi connectivity index (χ3n) is 2.65. The first-order valence-electron chi connectivity index (χ1n) is 6.23. The van der Waals surface area contributed by atoms with Gasteiger partial charge in [0.2, 0.25) is 0 Å². The fourth-order valence-electron chi connectivity index (χ4n) is 1.52. The van der Waals surface area contributed by atoms with Crippen LogP contribution in [0.5, 0.6) is 11.5 Å². The first-order chi connectivity index (χ1) is 9.21. The lowest BCUT2D eigenvalue weighted by Crippen LogP contribution is -2.03. The first-order valence-corrected chi connectivity index (χ1v) is 6.23. The molecule has 104 valence electrons. The van der Waals surface area contributed by atoms with Gasteiger partial charge >= 0.3 is 0 Å². The fourth-order valence-corrected chi connectivity index (χ4v) is 1.52. The van der Waals surface area contributed by atoms with Gasteiger partial charge in [-0.15, -0.1) is 6.58 Å². The molecule has 19 heavy (non-hydrogen) atoms. The fraction of sp³-hybridized carbons (Fsp3) is 0.400. The maximum Gasteiger partial charge on any atom is 0.131 e. The standard InChI is InChI=1S/C15H21NO3/c1-5-6-7-12(2)19-16-11-13-8-9-14(17-3)10-15(13)18-4/h5,8-12H,1,6-7H2,2-4H3/b16-11+. The summed E-state index contributed by atoms with van der Waals surface area (Å²) in [6, 6.07) is 5.53. The minimum atomic E-state index is 0.0680. The quantitative estimate of drug-likeness (QED) is 0.410. The Bertz CT molecular complexity index is 429. The molecular formula is C15H21NO3. The average molecular weight is 263 g/mol. The summed E-state index contributed by atoms with van der Waals surface area (Å²) < 4.78 is 10.4. The summed E-state index contributed by atoms with van der Waals surface area (Å²) in [5.74, 6) is 1.44. The van der Waals surface area contributed by atoms with E-state index in [2.05, 4.69) is 11.7 Å². The predicted molar refractivity (Wildman–Crippen MR) is 77.1 cm³/mol. The lowest BCUT2D eigenvalue weighted by molar-refractivity contribution is 0.0684. The smallest absolute Gasteiger partial charge is 0.131 e. The second kappa shape index (κ2) is 8.19. The Morgan fingerprint density at radius 1 is 1.32 bits per heavy atom. The Balaban J connectivity index is 2.63. The zero-order chi connectivity index (χ0) is 14.1. The third kappa shape index (κ3) is 5.04. The van der Waals surface area contributed by atoms with Crippen molar-refractivity contribution in [2.24, 2.45) is 5.16 Å². The van der Waals surface area contributed by atoms with E-state index in [0.717, 1.165) is 24.2 Å². The number of oxime groups is 1. The summed E-state index contributed by atoms with van der Waals surface area (Å²) in [4.78, 5) is 5.34. The zero-order valence-corrected chi connectivity index (χ0v) is 11.8. The van der Waals surface area contributed by atoms with Gasteiger partial charge in [0.25, 0.3) is 0 Å². The molecule has 0 spiro atoms. The van der Waals surface area contributed by atoms with Gasteiger partial charge in [-0.25, -0.2) is 0 Å². The molecule has 1 atom stereocenters. The van der Waals surface area contributed by atoms with Crippen molar-refractivity contribution in [1.82, 2.24) is 0 Å². The second-order valence-corrected chi connectivity index (χ2v) is 4.12. The molecule has 0 bridgehead atoms. The molecule has 4 nitrogen and oxygen atoms in total. The lowest BCUT2D eigenvalue weighted by atomic mass is 10.2. The maximum atomic E-state index is 5.34. The van der Waals surface area contributed by atoms with Gasteiger partial charge in [-0.3, -0.25) is 0 Å². The van der Waals surface area contributed by atoms with Crippen molar-refractivity contribution in [2.75, 3.05) is 14.2 Å². The van der Waals surface area contributed by atoms with E-state index >= 15 is 0 Å². The summed E-state index contributed by atoms with van der Waals surface area (Å²) in [6.45, 7) is 5.66. The number of nitrogens with zero attached hydrogens (tertiary/aromatic N) is 1. The Morgan fingerprint density at radius 2 is 2.11 bits per heavy atom. The van der Waals surface area contributed by atoms with Gasteiger partial charge in [0.05, 0.1) is 20.4 Å². The van der Waals surface area contributed by atoms with Crippen molar-refractivity contribution in [1.29, 1.82) is 0 Å². The number of benzene rings is 1. The van der Waals surface area contributed by atoms with Crippen molar-refractivity contribution in [2.45, 2.75) is 25.9 Å². The number of rotatable bonds is 8. The molecule has 0 N–H and O–H groups in total. The van der Waals surface area contributed by atoms with Crippen LogP contribution in [0.4, 0.5) is 0 Å². The number of ether oxygens (including phenoxy) is 2. The van der Waals surface area contributed by atoms with E-state index in [1.807, 2.05) is 31.2 Å². The molecule has 0 aliphatic carbocycles. The van der Waals surface area contributed by atoms with Crippen molar-refractivity contribution >= 4 is 6.21 Å². The second-order valence-electron chi connectivity index (χ2n) is 4.12. The van der Waals surface area contributed by atoms with E-state index in [0.29, 0.717) is 5.75 Å². The zero-order valence-electron chi connectivity index (χ0n) is 11.8. The molecule has 4 heteroatoms. The number of allylic oxidation sites excluding steroid dienone is 1. The predicted octanol–water partition coefficient (Wildman–Crippen LogP) is 3.41. The number of hydrogen-bond acceptors (Lipinski definition) is 4. The summed E-state index contributed by atoms with van der Waals surface area (Å²) in [5.41, 5.74) is 0.847. The molecule has 1 aromatic carbocycles. The molecule has 1 unspecified atom stereocenters. The van der Waals surface area contributed by atoms with Crippen molar-refractivity contribution in [3.05, 3.63) is 36.4 Å². The van der Waals surface area contributed by atoms with E-state index in [9.17, 15) is 0 Å². The summed E-state index contributed by atoms with van der Waals surface area (Å²) in [6.07, 6.45) is 5.40. The highest BCUT2D eigenvalue weighted by molar-refractivity contribution is 5.83. The molecule has 1 rings (SSSR count). The van der Waals surface area contributed by atoms with Crippen molar-refractivity contribution in [3.8, 4) is 11.5 Å². The molecule has 0 saturated carbocycles. The highest BCUT2D eigenvalue weighted by Crippen LogP contribution is 2.23. The maximum absolute atomic E-state index is 5.34. The molecule has 0 saturated heterocycles. The normalized spacial score (nSPS) is 12.2. The Hall–Kier alpha value is -1.97. The molecular weight excluding hydrogens is 242 g/mol. The first kappa shape index (κ1) is 15.1. The van der Waals surface area contributed by atoms with Gasteiger partial charge in [0, 0.05) is 11.6 Å². The van der Waals surface area contributed by atoms with Crippen LogP contribution < -0.4 is 9.47 Å². The Morgan fingerprint density at radius 3 is 2.74 bits per heavy atom.